The molecule has 6 atom stereocenters. The van der Waals surface area contributed by atoms with Crippen LogP contribution in [0.25, 0.3) is 0 Å². The van der Waals surface area contributed by atoms with Crippen molar-refractivity contribution in [3.63, 3.8) is 0 Å². The van der Waals surface area contributed by atoms with Crippen molar-refractivity contribution in [3.05, 3.63) is 65.2 Å². The number of hydrogen-bond acceptors (Lipinski definition) is 5. The molecule has 0 aromatic heterocycles. The van der Waals surface area contributed by atoms with Gasteiger partial charge in [-0.15, -0.1) is 0 Å². The molecule has 0 spiro atoms. The third-order valence-corrected chi connectivity index (χ3v) is 10.4. The van der Waals surface area contributed by atoms with E-state index in [1.54, 1.807) is 6.07 Å². The van der Waals surface area contributed by atoms with E-state index in [1.807, 2.05) is 36.4 Å². The summed E-state index contributed by atoms with van der Waals surface area (Å²) in [6, 6.07) is 16.1. The summed E-state index contributed by atoms with van der Waals surface area (Å²) in [6.07, 6.45) is 5.02. The van der Waals surface area contributed by atoms with Gasteiger partial charge in [-0.3, -0.25) is 14.5 Å². The average molecular weight is 473 g/mol. The lowest BCUT2D eigenvalue weighted by Crippen LogP contribution is -2.70. The number of phenols is 1. The van der Waals surface area contributed by atoms with Crippen LogP contribution in [0, 0.1) is 17.3 Å². The van der Waals surface area contributed by atoms with Crippen LogP contribution in [-0.4, -0.2) is 65.6 Å². The average Bonchev–Trinajstić information content (AvgIpc) is 3.32. The molecular formula is C29H32N2O4. The molecule has 1 amide bonds. The number of fused-ring (bicyclic) bond motifs is 1. The Labute approximate surface area is 205 Å². The summed E-state index contributed by atoms with van der Waals surface area (Å²) in [7, 11) is 1.47. The second-order valence-electron chi connectivity index (χ2n) is 11.4. The number of amides is 1. The topological polar surface area (TPSA) is 70.1 Å². The van der Waals surface area contributed by atoms with Crippen molar-refractivity contribution in [1.29, 1.82) is 0 Å². The maximum Gasteiger partial charge on any atom is 0.319 e. The third-order valence-electron chi connectivity index (χ3n) is 10.4. The maximum atomic E-state index is 13.6. The Morgan fingerprint density at radius 2 is 1.97 bits per heavy atom. The minimum absolute atomic E-state index is 0.0596. The van der Waals surface area contributed by atoms with Crippen LogP contribution in [0.15, 0.2) is 48.5 Å². The molecule has 2 saturated carbocycles. The number of rotatable bonds is 3. The van der Waals surface area contributed by atoms with Crippen molar-refractivity contribution >= 4 is 11.9 Å². The summed E-state index contributed by atoms with van der Waals surface area (Å²) in [5.41, 5.74) is 3.41. The van der Waals surface area contributed by atoms with Gasteiger partial charge in [-0.1, -0.05) is 24.3 Å². The Bertz CT molecular complexity index is 1210. The molecule has 0 radical (unpaired) electrons. The molecule has 2 saturated heterocycles. The van der Waals surface area contributed by atoms with Gasteiger partial charge in [0.15, 0.2) is 0 Å². The van der Waals surface area contributed by atoms with E-state index >= 15 is 0 Å². The second-order valence-corrected chi connectivity index (χ2v) is 11.4. The van der Waals surface area contributed by atoms with Gasteiger partial charge in [0, 0.05) is 29.6 Å². The van der Waals surface area contributed by atoms with E-state index in [0.29, 0.717) is 24.1 Å². The van der Waals surface area contributed by atoms with E-state index in [1.165, 1.54) is 18.2 Å². The molecule has 182 valence electrons. The van der Waals surface area contributed by atoms with Gasteiger partial charge in [0.2, 0.25) is 0 Å². The van der Waals surface area contributed by atoms with Gasteiger partial charge in [0.1, 0.15) is 5.75 Å². The molecule has 2 aliphatic heterocycles. The fourth-order valence-electron chi connectivity index (χ4n) is 9.49. The van der Waals surface area contributed by atoms with E-state index in [2.05, 4.69) is 15.9 Å². The highest BCUT2D eigenvalue weighted by molar-refractivity contribution is 5.94. The van der Waals surface area contributed by atoms with Gasteiger partial charge in [0.05, 0.1) is 13.7 Å². The fourth-order valence-corrected chi connectivity index (χ4v) is 9.49. The van der Waals surface area contributed by atoms with Gasteiger partial charge >= 0.3 is 5.97 Å². The fraction of sp³-hybridized carbons (Fsp3) is 0.517. The molecule has 4 fully saturated rings. The quantitative estimate of drug-likeness (QED) is 0.694. The molecule has 3 aliphatic carbocycles. The van der Waals surface area contributed by atoms with Crippen LogP contribution in [0.2, 0.25) is 0 Å². The first-order chi connectivity index (χ1) is 17.0. The molecule has 4 bridgehead atoms. The van der Waals surface area contributed by atoms with Crippen LogP contribution < -0.4 is 0 Å². The minimum atomic E-state index is -0.170. The predicted molar refractivity (Wildman–Crippen MR) is 130 cm³/mol. The summed E-state index contributed by atoms with van der Waals surface area (Å²) in [5, 5.41) is 10.6. The van der Waals surface area contributed by atoms with Crippen LogP contribution in [-0.2, 0) is 21.4 Å². The van der Waals surface area contributed by atoms with Gasteiger partial charge in [-0.05, 0) is 91.3 Å². The smallest absolute Gasteiger partial charge is 0.319 e. The molecule has 2 aromatic carbocycles. The SMILES string of the molecule is COC(=O)CN1CC[C@@]23c4cc(O)ccc4C[C@@H]1[C@]21CCC2C3[C@@H](CN2C(=O)c2ccccc2)C1. The summed E-state index contributed by atoms with van der Waals surface area (Å²) in [5.74, 6) is 1.16. The number of methoxy groups -OCH3 is 1. The molecule has 5 aliphatic rings. The van der Waals surface area contributed by atoms with E-state index in [9.17, 15) is 14.7 Å². The molecular weight excluding hydrogens is 440 g/mol. The van der Waals surface area contributed by atoms with Crippen molar-refractivity contribution in [1.82, 2.24) is 9.80 Å². The van der Waals surface area contributed by atoms with Crippen LogP contribution in [0.3, 0.4) is 0 Å². The highest BCUT2D eigenvalue weighted by atomic mass is 16.5. The largest absolute Gasteiger partial charge is 0.508 e. The number of nitrogens with zero attached hydrogens (tertiary/aromatic N) is 2. The van der Waals surface area contributed by atoms with Crippen molar-refractivity contribution in [3.8, 4) is 5.75 Å². The molecule has 2 heterocycles. The Kier molecular flexibility index (Phi) is 4.48. The maximum absolute atomic E-state index is 13.6. The van der Waals surface area contributed by atoms with Gasteiger partial charge < -0.3 is 14.7 Å². The van der Waals surface area contributed by atoms with E-state index in [0.717, 1.165) is 50.8 Å². The van der Waals surface area contributed by atoms with Crippen LogP contribution >= 0.6 is 0 Å². The molecule has 6 nitrogen and oxygen atoms in total. The van der Waals surface area contributed by atoms with Gasteiger partial charge in [-0.25, -0.2) is 0 Å². The van der Waals surface area contributed by atoms with Crippen LogP contribution in [0.1, 0.15) is 47.2 Å². The van der Waals surface area contributed by atoms with Crippen molar-refractivity contribution in [2.75, 3.05) is 26.7 Å². The summed E-state index contributed by atoms with van der Waals surface area (Å²) in [6.45, 7) is 1.99. The molecule has 6 heteroatoms. The number of esters is 1. The zero-order valence-corrected chi connectivity index (χ0v) is 20.2. The number of carbonyl (C=O) groups excluding carboxylic acids is 2. The highest BCUT2D eigenvalue weighted by Crippen LogP contribution is 2.75. The van der Waals surface area contributed by atoms with Crippen LogP contribution in [0.5, 0.6) is 5.75 Å². The monoisotopic (exact) mass is 472 g/mol. The Balaban J connectivity index is 1.34. The number of phenolic OH excluding ortho intramolecular Hbond substituents is 1. The molecule has 2 unspecified atom stereocenters. The Morgan fingerprint density at radius 3 is 2.77 bits per heavy atom. The zero-order valence-electron chi connectivity index (χ0n) is 20.2. The number of ether oxygens (including phenoxy) is 1. The predicted octanol–water partition coefficient (Wildman–Crippen LogP) is 3.37. The number of likely N-dealkylation sites (tertiary alicyclic amines) is 2. The molecule has 35 heavy (non-hydrogen) atoms. The normalized spacial score (nSPS) is 36.4. The molecule has 7 rings (SSSR count). The molecule has 2 aromatic rings. The Morgan fingerprint density at radius 1 is 1.14 bits per heavy atom. The van der Waals surface area contributed by atoms with Crippen molar-refractivity contribution in [2.24, 2.45) is 17.3 Å². The van der Waals surface area contributed by atoms with Gasteiger partial charge in [0.25, 0.3) is 5.91 Å². The summed E-state index contributed by atoms with van der Waals surface area (Å²) < 4.78 is 5.06. The zero-order chi connectivity index (χ0) is 23.9. The van der Waals surface area contributed by atoms with E-state index in [4.69, 9.17) is 4.74 Å². The number of aromatic hydroxyl groups is 1. The van der Waals surface area contributed by atoms with E-state index < -0.39 is 0 Å². The molecule has 1 N–H and O–H groups in total. The number of carbonyl (C=O) groups is 2. The standard InChI is InChI=1S/C29H32N2O4/c1-35-25(33)17-30-12-11-29-22-14-21(32)8-7-19(22)13-24(30)28(29)10-9-23-26(29)20(15-28)16-31(23)27(34)18-5-3-2-4-6-18/h2-8,14,20,23-24,26,32H,9-13,15-17H2,1H3/t20-,23?,24-,26?,28-,29+/m1/s1. The second kappa shape index (κ2) is 7.33. The number of benzene rings is 2. The summed E-state index contributed by atoms with van der Waals surface area (Å²) >= 11 is 0. The third kappa shape index (κ3) is 2.64. The van der Waals surface area contributed by atoms with Crippen molar-refractivity contribution in [2.45, 2.75) is 49.6 Å². The first kappa shape index (κ1) is 21.4. The first-order valence-corrected chi connectivity index (χ1v) is 13.0. The lowest BCUT2D eigenvalue weighted by atomic mass is 9.43. The Hall–Kier alpha value is -2.86. The van der Waals surface area contributed by atoms with Crippen molar-refractivity contribution < 1.29 is 19.4 Å². The van der Waals surface area contributed by atoms with Gasteiger partial charge in [-0.2, -0.15) is 0 Å². The van der Waals surface area contributed by atoms with E-state index in [-0.39, 0.29) is 34.8 Å². The first-order valence-electron chi connectivity index (χ1n) is 13.0. The number of hydrogen-bond donors (Lipinski definition) is 1. The lowest BCUT2D eigenvalue weighted by Gasteiger charge is -2.66. The highest BCUT2D eigenvalue weighted by Gasteiger charge is 2.76. The minimum Gasteiger partial charge on any atom is -0.508 e. The number of piperidine rings is 1. The van der Waals surface area contributed by atoms with Crippen LogP contribution in [0.4, 0.5) is 0 Å². The summed E-state index contributed by atoms with van der Waals surface area (Å²) in [4.78, 5) is 30.5. The lowest BCUT2D eigenvalue weighted by molar-refractivity contribution is -0.149.